The summed E-state index contributed by atoms with van der Waals surface area (Å²) in [5, 5.41) is 3.34. The highest BCUT2D eigenvalue weighted by molar-refractivity contribution is 7.92. The standard InChI is InChI=1S/C24H23ClN2O5S/c1-17(18-7-12-22-23(15-18)32-14-13-31-22)26-24(28)16-27(20-10-8-19(25)9-11-20)33(29,30)21-5-3-2-4-6-21/h2-12,15,17H,13-14,16H2,1H3,(H,26,28)/t17-/m1/s1. The van der Waals surface area contributed by atoms with Crippen LogP contribution in [0.4, 0.5) is 5.69 Å². The van der Waals surface area contributed by atoms with Crippen molar-refractivity contribution < 1.29 is 22.7 Å². The van der Waals surface area contributed by atoms with E-state index in [1.165, 1.54) is 12.1 Å². The molecule has 4 rings (SSSR count). The Balaban J connectivity index is 1.56. The molecule has 0 saturated heterocycles. The van der Waals surface area contributed by atoms with Gasteiger partial charge in [-0.05, 0) is 61.0 Å². The number of halogens is 1. The maximum atomic E-state index is 13.4. The molecule has 0 saturated carbocycles. The van der Waals surface area contributed by atoms with Gasteiger partial charge in [0.1, 0.15) is 19.8 Å². The second-order valence-corrected chi connectivity index (χ2v) is 9.79. The number of hydrogen-bond donors (Lipinski definition) is 1. The molecule has 0 bridgehead atoms. The third kappa shape index (κ3) is 5.23. The van der Waals surface area contributed by atoms with Gasteiger partial charge in [0.05, 0.1) is 16.6 Å². The number of anilines is 1. The maximum Gasteiger partial charge on any atom is 0.264 e. The van der Waals surface area contributed by atoms with E-state index in [-0.39, 0.29) is 10.9 Å². The lowest BCUT2D eigenvalue weighted by Gasteiger charge is -2.25. The van der Waals surface area contributed by atoms with Crippen molar-refractivity contribution in [3.8, 4) is 11.5 Å². The molecule has 1 atom stereocenters. The molecule has 172 valence electrons. The Morgan fingerprint density at radius 1 is 1.00 bits per heavy atom. The van der Waals surface area contributed by atoms with Gasteiger partial charge in [-0.25, -0.2) is 8.42 Å². The second-order valence-electron chi connectivity index (χ2n) is 7.49. The Morgan fingerprint density at radius 2 is 1.67 bits per heavy atom. The third-order valence-corrected chi connectivity index (χ3v) is 7.22. The van der Waals surface area contributed by atoms with Gasteiger partial charge in [0, 0.05) is 5.02 Å². The molecule has 0 fully saturated rings. The fraction of sp³-hybridized carbons (Fsp3) is 0.208. The van der Waals surface area contributed by atoms with Crippen LogP contribution in [-0.4, -0.2) is 34.1 Å². The molecule has 1 aliphatic rings. The van der Waals surface area contributed by atoms with Crippen LogP contribution >= 0.6 is 11.6 Å². The molecule has 1 amide bonds. The van der Waals surface area contributed by atoms with Gasteiger partial charge in [-0.3, -0.25) is 9.10 Å². The fourth-order valence-electron chi connectivity index (χ4n) is 3.47. The number of ether oxygens (including phenoxy) is 2. The van der Waals surface area contributed by atoms with Gasteiger partial charge in [0.15, 0.2) is 11.5 Å². The maximum absolute atomic E-state index is 13.4. The lowest BCUT2D eigenvalue weighted by molar-refractivity contribution is -0.120. The van der Waals surface area contributed by atoms with Crippen LogP contribution in [0.2, 0.25) is 5.02 Å². The van der Waals surface area contributed by atoms with Crippen molar-refractivity contribution in [2.24, 2.45) is 0 Å². The SMILES string of the molecule is C[C@@H](NC(=O)CN(c1ccc(Cl)cc1)S(=O)(=O)c1ccccc1)c1ccc2c(c1)OCCO2. The van der Waals surface area contributed by atoms with Crippen LogP contribution < -0.4 is 19.1 Å². The molecule has 1 heterocycles. The van der Waals surface area contributed by atoms with E-state index in [9.17, 15) is 13.2 Å². The van der Waals surface area contributed by atoms with E-state index in [0.717, 1.165) is 9.87 Å². The minimum atomic E-state index is -3.98. The number of nitrogens with zero attached hydrogens (tertiary/aromatic N) is 1. The van der Waals surface area contributed by atoms with Crippen LogP contribution in [0.3, 0.4) is 0 Å². The lowest BCUT2D eigenvalue weighted by Crippen LogP contribution is -2.41. The normalized spacial score (nSPS) is 13.8. The summed E-state index contributed by atoms with van der Waals surface area (Å²) in [6, 6.07) is 19.4. The smallest absolute Gasteiger partial charge is 0.264 e. The van der Waals surface area contributed by atoms with Crippen LogP contribution in [0.25, 0.3) is 0 Å². The lowest BCUT2D eigenvalue weighted by atomic mass is 10.1. The van der Waals surface area contributed by atoms with Gasteiger partial charge in [-0.1, -0.05) is 35.9 Å². The zero-order valence-electron chi connectivity index (χ0n) is 17.9. The molecule has 3 aromatic carbocycles. The van der Waals surface area contributed by atoms with Gasteiger partial charge in [0.2, 0.25) is 5.91 Å². The van der Waals surface area contributed by atoms with E-state index in [2.05, 4.69) is 5.32 Å². The average Bonchev–Trinajstić information content (AvgIpc) is 2.83. The van der Waals surface area contributed by atoms with Gasteiger partial charge < -0.3 is 14.8 Å². The van der Waals surface area contributed by atoms with Gasteiger partial charge in [0.25, 0.3) is 10.0 Å². The largest absolute Gasteiger partial charge is 0.486 e. The Morgan fingerprint density at radius 3 is 2.36 bits per heavy atom. The zero-order valence-corrected chi connectivity index (χ0v) is 19.5. The van der Waals surface area contributed by atoms with Crippen LogP contribution in [0, 0.1) is 0 Å². The Hall–Kier alpha value is -3.23. The third-order valence-electron chi connectivity index (χ3n) is 5.18. The highest BCUT2D eigenvalue weighted by Gasteiger charge is 2.27. The molecule has 0 spiro atoms. The van der Waals surface area contributed by atoms with Crippen molar-refractivity contribution >= 4 is 33.2 Å². The van der Waals surface area contributed by atoms with E-state index in [0.29, 0.717) is 35.4 Å². The van der Waals surface area contributed by atoms with Crippen LogP contribution in [0.1, 0.15) is 18.5 Å². The molecule has 3 aromatic rings. The number of fused-ring (bicyclic) bond motifs is 1. The van der Waals surface area contributed by atoms with Crippen molar-refractivity contribution in [2.75, 3.05) is 24.1 Å². The summed E-state index contributed by atoms with van der Waals surface area (Å²) in [7, 11) is -3.98. The summed E-state index contributed by atoms with van der Waals surface area (Å²) in [5.41, 5.74) is 1.15. The molecule has 7 nitrogen and oxygen atoms in total. The number of nitrogens with one attached hydrogen (secondary N) is 1. The van der Waals surface area contributed by atoms with Crippen molar-refractivity contribution in [2.45, 2.75) is 17.9 Å². The Kier molecular flexibility index (Phi) is 6.76. The van der Waals surface area contributed by atoms with Crippen molar-refractivity contribution in [3.63, 3.8) is 0 Å². The quantitative estimate of drug-likeness (QED) is 0.541. The molecule has 1 aliphatic heterocycles. The first-order valence-electron chi connectivity index (χ1n) is 10.4. The first-order valence-corrected chi connectivity index (χ1v) is 12.2. The Bertz CT molecular complexity index is 1230. The van der Waals surface area contributed by atoms with Crippen molar-refractivity contribution in [1.29, 1.82) is 0 Å². The van der Waals surface area contributed by atoms with Crippen LogP contribution in [0.15, 0.2) is 77.7 Å². The van der Waals surface area contributed by atoms with Crippen LogP contribution in [-0.2, 0) is 14.8 Å². The van der Waals surface area contributed by atoms with Crippen molar-refractivity contribution in [1.82, 2.24) is 5.32 Å². The molecule has 0 unspecified atom stereocenters. The molecular formula is C24H23ClN2O5S. The molecule has 9 heteroatoms. The minimum Gasteiger partial charge on any atom is -0.486 e. The minimum absolute atomic E-state index is 0.0904. The predicted molar refractivity (Wildman–Crippen MR) is 126 cm³/mol. The number of carbonyl (C=O) groups excluding carboxylic acids is 1. The monoisotopic (exact) mass is 486 g/mol. The summed E-state index contributed by atoms with van der Waals surface area (Å²) < 4.78 is 38.9. The van der Waals surface area contributed by atoms with E-state index in [1.807, 2.05) is 19.1 Å². The number of amides is 1. The average molecular weight is 487 g/mol. The predicted octanol–water partition coefficient (Wildman–Crippen LogP) is 4.18. The van der Waals surface area contributed by atoms with E-state index < -0.39 is 22.5 Å². The zero-order chi connectivity index (χ0) is 23.4. The second kappa shape index (κ2) is 9.72. The molecule has 1 N–H and O–H groups in total. The number of sulfonamides is 1. The molecular weight excluding hydrogens is 464 g/mol. The molecule has 33 heavy (non-hydrogen) atoms. The van der Waals surface area contributed by atoms with Gasteiger partial charge in [-0.15, -0.1) is 0 Å². The van der Waals surface area contributed by atoms with Gasteiger partial charge >= 0.3 is 0 Å². The summed E-state index contributed by atoms with van der Waals surface area (Å²) in [6.45, 7) is 2.38. The van der Waals surface area contributed by atoms with E-state index >= 15 is 0 Å². The van der Waals surface area contributed by atoms with Crippen molar-refractivity contribution in [3.05, 3.63) is 83.4 Å². The van der Waals surface area contributed by atoms with Gasteiger partial charge in [-0.2, -0.15) is 0 Å². The number of carbonyl (C=O) groups is 1. The highest BCUT2D eigenvalue weighted by atomic mass is 35.5. The summed E-state index contributed by atoms with van der Waals surface area (Å²) in [6.07, 6.45) is 0. The summed E-state index contributed by atoms with van der Waals surface area (Å²) in [4.78, 5) is 13.0. The summed E-state index contributed by atoms with van der Waals surface area (Å²) in [5.74, 6) is 0.826. The Labute approximate surface area is 197 Å². The first kappa shape index (κ1) is 22.9. The van der Waals surface area contributed by atoms with Crippen LogP contribution in [0.5, 0.6) is 11.5 Å². The number of hydrogen-bond acceptors (Lipinski definition) is 5. The highest BCUT2D eigenvalue weighted by Crippen LogP contribution is 2.32. The molecule has 0 aromatic heterocycles. The number of rotatable bonds is 7. The summed E-state index contributed by atoms with van der Waals surface area (Å²) >= 11 is 5.97. The van der Waals surface area contributed by atoms with E-state index in [4.69, 9.17) is 21.1 Å². The molecule has 0 aliphatic carbocycles. The topological polar surface area (TPSA) is 84.9 Å². The fourth-order valence-corrected chi connectivity index (χ4v) is 5.04. The van der Waals surface area contributed by atoms with E-state index in [1.54, 1.807) is 48.5 Å². The molecule has 0 radical (unpaired) electrons. The first-order chi connectivity index (χ1) is 15.8. The number of benzene rings is 3.